The van der Waals surface area contributed by atoms with Crippen LogP contribution in [0.3, 0.4) is 0 Å². The summed E-state index contributed by atoms with van der Waals surface area (Å²) >= 11 is 10.2. The SMILES string of the molecule is Fc1c(Oc2ccccc2Cl)ncnc1Oc1ccccc1C(=N[I-]OCl)C1=NOCCO1. The van der Waals surface area contributed by atoms with Crippen molar-refractivity contribution in [2.45, 2.75) is 0 Å². The molecule has 0 saturated carbocycles. The molecule has 0 atom stereocenters. The summed E-state index contributed by atoms with van der Waals surface area (Å²) in [5.41, 5.74) is 0.711. The van der Waals surface area contributed by atoms with E-state index in [0.717, 1.165) is 6.33 Å². The fourth-order valence-electron chi connectivity index (χ4n) is 2.63. The fourth-order valence-corrected chi connectivity index (χ4v) is 3.72. The van der Waals surface area contributed by atoms with Crippen molar-refractivity contribution < 1.29 is 48.0 Å². The van der Waals surface area contributed by atoms with Crippen LogP contribution in [0, 0.1) is 5.82 Å². The van der Waals surface area contributed by atoms with Gasteiger partial charge in [0.1, 0.15) is 0 Å². The average molecular weight is 606 g/mol. The molecule has 172 valence electrons. The Morgan fingerprint density at radius 1 is 1.00 bits per heavy atom. The van der Waals surface area contributed by atoms with Crippen LogP contribution in [-0.2, 0) is 12.2 Å². The molecule has 2 aromatic carbocycles. The monoisotopic (exact) mass is 605 g/mol. The third kappa shape index (κ3) is 5.79. The molecule has 1 aromatic heterocycles. The van der Waals surface area contributed by atoms with Crippen LogP contribution < -0.4 is 31.4 Å². The van der Waals surface area contributed by atoms with Crippen molar-refractivity contribution in [1.29, 1.82) is 0 Å². The number of hydrogen-bond acceptors (Lipinski definition) is 9. The molecule has 33 heavy (non-hydrogen) atoms. The second-order valence-electron chi connectivity index (χ2n) is 6.07. The summed E-state index contributed by atoms with van der Waals surface area (Å²) < 4.78 is 40.9. The Kier molecular flexibility index (Phi) is 8.10. The van der Waals surface area contributed by atoms with Crippen LogP contribution in [-0.4, -0.2) is 34.8 Å². The zero-order valence-corrected chi connectivity index (χ0v) is 20.1. The number of hydrogen-bond donors (Lipinski definition) is 0. The van der Waals surface area contributed by atoms with Gasteiger partial charge >= 0.3 is 203 Å². The second-order valence-corrected chi connectivity index (χ2v) is 8.47. The molecule has 1 aliphatic rings. The van der Waals surface area contributed by atoms with E-state index >= 15 is 4.39 Å². The van der Waals surface area contributed by atoms with E-state index in [1.165, 1.54) is 0 Å². The van der Waals surface area contributed by atoms with Crippen molar-refractivity contribution in [2.24, 2.45) is 8.36 Å². The van der Waals surface area contributed by atoms with E-state index in [0.29, 0.717) is 17.2 Å². The summed E-state index contributed by atoms with van der Waals surface area (Å²) in [4.78, 5) is 12.8. The molecule has 3 aromatic rings. The van der Waals surface area contributed by atoms with Crippen molar-refractivity contribution >= 4 is 35.1 Å². The van der Waals surface area contributed by atoms with Gasteiger partial charge in [0, 0.05) is 0 Å². The molecule has 4 rings (SSSR count). The van der Waals surface area contributed by atoms with E-state index in [-0.39, 0.29) is 41.5 Å². The van der Waals surface area contributed by atoms with Gasteiger partial charge in [0.25, 0.3) is 0 Å². The van der Waals surface area contributed by atoms with E-state index in [1.54, 1.807) is 48.5 Å². The molecule has 0 unspecified atom stereocenters. The van der Waals surface area contributed by atoms with Gasteiger partial charge in [-0.3, -0.25) is 0 Å². The zero-order chi connectivity index (χ0) is 23.0. The van der Waals surface area contributed by atoms with E-state index in [2.05, 4.69) is 20.9 Å². The van der Waals surface area contributed by atoms with E-state index < -0.39 is 27.7 Å². The molecule has 13 heteroatoms. The van der Waals surface area contributed by atoms with Crippen LogP contribution in [0.15, 0.2) is 63.2 Å². The standard InChI is InChI=1S/C20H13Cl2FIN4O5/c21-13-6-2-4-8-15(13)32-19-16(23)18(25-11-26-19)31-14-7-3-1-5-12(14)17(27-24-33-22)20-28-30-10-9-29-20/h1-8,11H,9-10H2/q-1. The van der Waals surface area contributed by atoms with E-state index in [1.807, 2.05) is 0 Å². The van der Waals surface area contributed by atoms with Gasteiger partial charge in [-0.2, -0.15) is 0 Å². The van der Waals surface area contributed by atoms with Crippen molar-refractivity contribution in [3.8, 4) is 23.3 Å². The van der Waals surface area contributed by atoms with Crippen LogP contribution in [0.1, 0.15) is 5.56 Å². The third-order valence-corrected chi connectivity index (χ3v) is 5.52. The molecule has 0 radical (unpaired) electrons. The molecular weight excluding hydrogens is 593 g/mol. The van der Waals surface area contributed by atoms with Gasteiger partial charge in [-0.15, -0.1) is 0 Å². The Hall–Kier alpha value is -2.74. The van der Waals surface area contributed by atoms with Gasteiger partial charge in [0.05, 0.1) is 0 Å². The maximum absolute atomic E-state index is 15.1. The quantitative estimate of drug-likeness (QED) is 0.287. The van der Waals surface area contributed by atoms with Crippen LogP contribution >= 0.6 is 23.5 Å². The van der Waals surface area contributed by atoms with Crippen molar-refractivity contribution in [3.63, 3.8) is 0 Å². The first-order valence-corrected chi connectivity index (χ1v) is 11.7. The van der Waals surface area contributed by atoms with Crippen molar-refractivity contribution in [3.05, 3.63) is 71.3 Å². The molecule has 9 nitrogen and oxygen atoms in total. The minimum absolute atomic E-state index is 0.122. The van der Waals surface area contributed by atoms with Gasteiger partial charge in [-0.25, -0.2) is 0 Å². The first-order chi connectivity index (χ1) is 16.2. The second kappa shape index (κ2) is 11.4. The summed E-state index contributed by atoms with van der Waals surface area (Å²) in [5, 5.41) is 4.18. The van der Waals surface area contributed by atoms with Crippen LogP contribution in [0.4, 0.5) is 4.39 Å². The van der Waals surface area contributed by atoms with Gasteiger partial charge < -0.3 is 0 Å². The fraction of sp³-hybridized carbons (Fsp3) is 0.100. The van der Waals surface area contributed by atoms with Crippen LogP contribution in [0.25, 0.3) is 0 Å². The predicted octanol–water partition coefficient (Wildman–Crippen LogP) is 2.09. The zero-order valence-electron chi connectivity index (χ0n) is 16.5. The number of rotatable bonds is 8. The van der Waals surface area contributed by atoms with Crippen LogP contribution in [0.2, 0.25) is 5.02 Å². The average Bonchev–Trinajstić information content (AvgIpc) is 2.85. The Bertz CT molecular complexity index is 1200. The predicted molar refractivity (Wildman–Crippen MR) is 113 cm³/mol. The molecule has 0 aliphatic carbocycles. The summed E-state index contributed by atoms with van der Waals surface area (Å²) in [6.45, 7) is 0.584. The van der Waals surface area contributed by atoms with Gasteiger partial charge in [0.15, 0.2) is 0 Å². The number of ether oxygens (including phenoxy) is 3. The Morgan fingerprint density at radius 3 is 2.39 bits per heavy atom. The minimum atomic E-state index is -1.23. The number of para-hydroxylation sites is 2. The normalized spacial score (nSPS) is 13.7. The summed E-state index contributed by atoms with van der Waals surface area (Å²) in [6, 6.07) is 13.3. The first kappa shape index (κ1) is 23.4. The van der Waals surface area contributed by atoms with Crippen molar-refractivity contribution in [2.75, 3.05) is 13.2 Å². The molecule has 2 heterocycles. The summed E-state index contributed by atoms with van der Waals surface area (Å²) in [5.74, 6) is -1.07. The van der Waals surface area contributed by atoms with E-state index in [4.69, 9.17) is 42.5 Å². The summed E-state index contributed by atoms with van der Waals surface area (Å²) in [6.07, 6.45) is 1.11. The topological polar surface area (TPSA) is 96.7 Å². The number of oxime groups is 1. The number of halogens is 4. The number of nitrogens with zero attached hydrogens (tertiary/aromatic N) is 4. The van der Waals surface area contributed by atoms with Gasteiger partial charge in [-0.05, 0) is 0 Å². The molecule has 0 spiro atoms. The van der Waals surface area contributed by atoms with Gasteiger partial charge in [0.2, 0.25) is 0 Å². The molecule has 0 N–H and O–H groups in total. The van der Waals surface area contributed by atoms with E-state index in [9.17, 15) is 0 Å². The Labute approximate surface area is 208 Å². The van der Waals surface area contributed by atoms with Crippen LogP contribution in [0.5, 0.6) is 23.3 Å². The Morgan fingerprint density at radius 2 is 1.70 bits per heavy atom. The molecule has 0 saturated heterocycles. The molecule has 0 bridgehead atoms. The Balaban J connectivity index is 1.67. The first-order valence-electron chi connectivity index (χ1n) is 9.20. The maximum atomic E-state index is 15.1. The number of aromatic nitrogens is 2. The molecule has 0 amide bonds. The van der Waals surface area contributed by atoms with Gasteiger partial charge in [-0.1, -0.05) is 6.07 Å². The summed E-state index contributed by atoms with van der Waals surface area (Å²) in [7, 11) is 0. The van der Waals surface area contributed by atoms with Crippen molar-refractivity contribution in [1.82, 2.24) is 9.97 Å². The molecule has 1 aliphatic heterocycles. The third-order valence-electron chi connectivity index (χ3n) is 4.03. The molecular formula is C20H13Cl2FIN4O5-. The molecule has 0 fully saturated rings. The number of benzene rings is 2.